The molecule has 6 nitrogen and oxygen atoms in total. The molecule has 0 atom stereocenters. The Bertz CT molecular complexity index is 1930. The van der Waals surface area contributed by atoms with E-state index in [2.05, 4.69) is 74.7 Å². The standard InChI is InChI=1S/C40H36O6P2Si2/c1-49(2)37-25-13-9-21-33(37)43-47(44-34-22-10-14-26-38(34)49)41-31-19-7-5-17-29(31)30-18-6-8-20-32(30)42-48-45-35-23-11-15-27-39(35)50(3,4)40-28-16-12-24-36(40)46-48/h5-28H,1-4H3. The fraction of sp³-hybridized carbons (Fsp3) is 0.100. The molecule has 0 saturated carbocycles. The zero-order chi connectivity index (χ0) is 34.3. The fourth-order valence-corrected chi connectivity index (χ4v) is 14.8. The van der Waals surface area contributed by atoms with E-state index in [9.17, 15) is 0 Å². The molecule has 0 unspecified atom stereocenters. The smallest absolute Gasteiger partial charge is 0.409 e. The Labute approximate surface area is 297 Å². The van der Waals surface area contributed by atoms with Gasteiger partial charge in [-0.2, -0.15) is 0 Å². The summed E-state index contributed by atoms with van der Waals surface area (Å²) in [7, 11) is -7.98. The van der Waals surface area contributed by atoms with Crippen molar-refractivity contribution in [3.63, 3.8) is 0 Å². The van der Waals surface area contributed by atoms with E-state index in [0.29, 0.717) is 11.5 Å². The molecule has 6 aromatic rings. The summed E-state index contributed by atoms with van der Waals surface area (Å²) in [6, 6.07) is 48.7. The third kappa shape index (κ3) is 6.07. The molecule has 10 heteroatoms. The monoisotopic (exact) mass is 730 g/mol. The van der Waals surface area contributed by atoms with Gasteiger partial charge in [0.1, 0.15) is 50.6 Å². The van der Waals surface area contributed by atoms with Crippen LogP contribution in [0.15, 0.2) is 146 Å². The van der Waals surface area contributed by atoms with Gasteiger partial charge in [0, 0.05) is 11.1 Å². The van der Waals surface area contributed by atoms with Gasteiger partial charge >= 0.3 is 17.2 Å². The molecule has 0 amide bonds. The molecule has 8 rings (SSSR count). The fourth-order valence-electron chi connectivity index (χ4n) is 6.67. The van der Waals surface area contributed by atoms with Crippen LogP contribution in [0.25, 0.3) is 11.1 Å². The van der Waals surface area contributed by atoms with Crippen molar-refractivity contribution >= 4 is 54.1 Å². The first kappa shape index (κ1) is 32.6. The average Bonchev–Trinajstić information content (AvgIpc) is 3.12. The molecule has 0 bridgehead atoms. The van der Waals surface area contributed by atoms with E-state index >= 15 is 0 Å². The molecule has 0 N–H and O–H groups in total. The molecule has 2 heterocycles. The average molecular weight is 731 g/mol. The number of fused-ring (bicyclic) bond motifs is 4. The van der Waals surface area contributed by atoms with Crippen molar-refractivity contribution in [3.8, 4) is 45.6 Å². The Balaban J connectivity index is 1.14. The van der Waals surface area contributed by atoms with E-state index in [1.165, 1.54) is 20.7 Å². The third-order valence-corrected chi connectivity index (χ3v) is 18.5. The molecule has 250 valence electrons. The maximum atomic E-state index is 6.68. The van der Waals surface area contributed by atoms with E-state index in [1.54, 1.807) is 0 Å². The lowest BCUT2D eigenvalue weighted by Crippen LogP contribution is -2.54. The highest BCUT2D eigenvalue weighted by Crippen LogP contribution is 2.50. The zero-order valence-electron chi connectivity index (χ0n) is 28.2. The molecule has 50 heavy (non-hydrogen) atoms. The first-order valence-corrected chi connectivity index (χ1v) is 24.7. The molecular formula is C40H36O6P2Si2. The number of rotatable bonds is 5. The van der Waals surface area contributed by atoms with Crippen LogP contribution in [0.2, 0.25) is 26.2 Å². The van der Waals surface area contributed by atoms with Gasteiger partial charge in [-0.05, 0) is 57.1 Å². The zero-order valence-corrected chi connectivity index (χ0v) is 32.0. The van der Waals surface area contributed by atoms with Crippen LogP contribution in [0.3, 0.4) is 0 Å². The van der Waals surface area contributed by atoms with E-state index in [1.807, 2.05) is 97.1 Å². The Morgan fingerprint density at radius 2 is 0.620 bits per heavy atom. The van der Waals surface area contributed by atoms with Crippen LogP contribution in [-0.2, 0) is 0 Å². The molecule has 2 aliphatic heterocycles. The molecule has 0 radical (unpaired) electrons. The summed E-state index contributed by atoms with van der Waals surface area (Å²) in [5.74, 6) is 4.38. The topological polar surface area (TPSA) is 55.4 Å². The highest BCUT2D eigenvalue weighted by Gasteiger charge is 2.39. The third-order valence-electron chi connectivity index (χ3n) is 9.34. The molecular weight excluding hydrogens is 695 g/mol. The predicted molar refractivity (Wildman–Crippen MR) is 209 cm³/mol. The summed E-state index contributed by atoms with van der Waals surface area (Å²) < 4.78 is 39.7. The van der Waals surface area contributed by atoms with Gasteiger partial charge in [0.2, 0.25) is 0 Å². The Morgan fingerprint density at radius 3 is 0.940 bits per heavy atom. The largest absolute Gasteiger partial charge is 0.530 e. The van der Waals surface area contributed by atoms with Crippen LogP contribution in [0.5, 0.6) is 34.5 Å². The SMILES string of the molecule is C[Si]1(C)c2ccccc2OP(Oc2ccccc2-c2ccccc2OP2Oc3ccccc3[Si](C)(C)c3ccccc3O2)Oc2ccccc21. The van der Waals surface area contributed by atoms with Crippen LogP contribution in [0.1, 0.15) is 0 Å². The Kier molecular flexibility index (Phi) is 8.66. The van der Waals surface area contributed by atoms with Crippen LogP contribution >= 0.6 is 17.2 Å². The van der Waals surface area contributed by atoms with E-state index in [4.69, 9.17) is 27.1 Å². The first-order chi connectivity index (χ1) is 24.3. The van der Waals surface area contributed by atoms with Gasteiger partial charge in [0.05, 0.1) is 0 Å². The van der Waals surface area contributed by atoms with E-state index in [-0.39, 0.29) is 0 Å². The van der Waals surface area contributed by atoms with Gasteiger partial charge in [-0.15, -0.1) is 0 Å². The van der Waals surface area contributed by atoms with Crippen molar-refractivity contribution in [2.75, 3.05) is 0 Å². The van der Waals surface area contributed by atoms with Gasteiger partial charge in [0.25, 0.3) is 0 Å². The second-order valence-corrected chi connectivity index (χ2v) is 23.9. The van der Waals surface area contributed by atoms with Gasteiger partial charge in [-0.25, -0.2) is 0 Å². The van der Waals surface area contributed by atoms with Crippen molar-refractivity contribution in [2.45, 2.75) is 26.2 Å². The highest BCUT2D eigenvalue weighted by molar-refractivity contribution is 7.43. The summed E-state index contributed by atoms with van der Waals surface area (Å²) >= 11 is 0. The maximum absolute atomic E-state index is 6.68. The van der Waals surface area contributed by atoms with Crippen molar-refractivity contribution < 1.29 is 27.1 Å². The second-order valence-electron chi connectivity index (χ2n) is 13.2. The molecule has 0 spiro atoms. The van der Waals surface area contributed by atoms with Gasteiger partial charge in [0.15, 0.2) is 0 Å². The lowest BCUT2D eigenvalue weighted by atomic mass is 10.0. The van der Waals surface area contributed by atoms with Crippen molar-refractivity contribution in [1.82, 2.24) is 0 Å². The van der Waals surface area contributed by atoms with Gasteiger partial charge in [-0.1, -0.05) is 135 Å². The Hall–Kier alpha value is -4.59. The minimum Gasteiger partial charge on any atom is -0.409 e. The summed E-state index contributed by atoms with van der Waals surface area (Å²) in [6.45, 7) is 9.29. The molecule has 2 aliphatic rings. The summed E-state index contributed by atoms with van der Waals surface area (Å²) in [5, 5.41) is 4.81. The molecule has 0 aromatic heterocycles. The minimum absolute atomic E-state index is 0.609. The van der Waals surface area contributed by atoms with Crippen LogP contribution in [-0.4, -0.2) is 16.1 Å². The van der Waals surface area contributed by atoms with Crippen molar-refractivity contribution in [3.05, 3.63) is 146 Å². The molecule has 6 aromatic carbocycles. The highest BCUT2D eigenvalue weighted by atomic mass is 31.2. The number of benzene rings is 6. The summed E-state index contributed by atoms with van der Waals surface area (Å²) in [6.07, 6.45) is 0. The van der Waals surface area contributed by atoms with Gasteiger partial charge in [-0.3, -0.25) is 0 Å². The second kappa shape index (κ2) is 13.3. The Morgan fingerprint density at radius 1 is 0.360 bits per heavy atom. The van der Waals surface area contributed by atoms with Gasteiger partial charge < -0.3 is 27.1 Å². The number of hydrogen-bond donors (Lipinski definition) is 0. The lowest BCUT2D eigenvalue weighted by Gasteiger charge is -2.32. The van der Waals surface area contributed by atoms with E-state index in [0.717, 1.165) is 34.1 Å². The molecule has 0 fully saturated rings. The van der Waals surface area contributed by atoms with Crippen molar-refractivity contribution in [1.29, 1.82) is 0 Å². The predicted octanol–water partition coefficient (Wildman–Crippen LogP) is 9.15. The number of hydrogen-bond acceptors (Lipinski definition) is 6. The lowest BCUT2D eigenvalue weighted by molar-refractivity contribution is 0.387. The van der Waals surface area contributed by atoms with E-state index < -0.39 is 33.4 Å². The molecule has 0 saturated heterocycles. The maximum Gasteiger partial charge on any atom is 0.530 e. The summed E-state index contributed by atoms with van der Waals surface area (Å²) in [5.41, 5.74) is 1.65. The van der Waals surface area contributed by atoms with Crippen molar-refractivity contribution in [2.24, 2.45) is 0 Å². The quantitative estimate of drug-likeness (QED) is 0.130. The normalized spacial score (nSPS) is 16.0. The molecule has 0 aliphatic carbocycles. The summed E-state index contributed by atoms with van der Waals surface area (Å²) in [4.78, 5) is 0. The van der Waals surface area contributed by atoms with Crippen LogP contribution in [0.4, 0.5) is 0 Å². The first-order valence-electron chi connectivity index (χ1n) is 16.5. The van der Waals surface area contributed by atoms with Crippen LogP contribution in [0, 0.1) is 0 Å². The number of para-hydroxylation sites is 6. The van der Waals surface area contributed by atoms with Crippen LogP contribution < -0.4 is 47.9 Å². The minimum atomic E-state index is -2.12.